The summed E-state index contributed by atoms with van der Waals surface area (Å²) in [7, 11) is 1.39. The van der Waals surface area contributed by atoms with Crippen LogP contribution in [0.15, 0.2) is 83.9 Å². The molecule has 1 heterocycles. The van der Waals surface area contributed by atoms with Crippen molar-refractivity contribution in [2.24, 2.45) is 4.99 Å². The Balaban J connectivity index is 1.54. The number of carbonyl (C=O) groups excluding carboxylic acids is 1. The largest absolute Gasteiger partial charge is 0.465 e. The Hall–Kier alpha value is -3.15. The molecule has 0 unspecified atom stereocenters. The molecule has 0 atom stereocenters. The van der Waals surface area contributed by atoms with E-state index in [1.807, 2.05) is 36.4 Å². The van der Waals surface area contributed by atoms with Crippen molar-refractivity contribution < 1.29 is 9.53 Å². The lowest BCUT2D eigenvalue weighted by Gasteiger charge is -2.25. The number of para-hydroxylation sites is 1. The van der Waals surface area contributed by atoms with Gasteiger partial charge in [0.2, 0.25) is 0 Å². The number of hydrogen-bond acceptors (Lipinski definition) is 4. The topological polar surface area (TPSA) is 45.1 Å². The molecule has 0 radical (unpaired) electrons. The van der Waals surface area contributed by atoms with Gasteiger partial charge in [0.25, 0.3) is 0 Å². The van der Waals surface area contributed by atoms with Crippen LogP contribution in [0.2, 0.25) is 5.02 Å². The summed E-state index contributed by atoms with van der Waals surface area (Å²) in [5.74, 6) is 0.523. The molecule has 3 aromatic carbocycles. The third-order valence-electron chi connectivity index (χ3n) is 6.09. The number of nitrogens with zero attached hydrogens (tertiary/aromatic N) is 3. The van der Waals surface area contributed by atoms with E-state index < -0.39 is 0 Å². The molecule has 1 fully saturated rings. The van der Waals surface area contributed by atoms with Crippen LogP contribution in [0, 0.1) is 0 Å². The average Bonchev–Trinajstić information content (AvgIpc) is 3.13. The summed E-state index contributed by atoms with van der Waals surface area (Å²) in [6, 6.07) is 25.7. The number of benzene rings is 3. The molecule has 4 rings (SSSR count). The van der Waals surface area contributed by atoms with E-state index >= 15 is 0 Å². The van der Waals surface area contributed by atoms with Gasteiger partial charge in [-0.3, -0.25) is 0 Å². The summed E-state index contributed by atoms with van der Waals surface area (Å²) in [6.45, 7) is 4.85. The fraction of sp³-hybridized carbons (Fsp3) is 0.286. The Morgan fingerprint density at radius 1 is 0.882 bits per heavy atom. The van der Waals surface area contributed by atoms with Gasteiger partial charge < -0.3 is 14.5 Å². The Kier molecular flexibility index (Phi) is 8.34. The first kappa shape index (κ1) is 24.0. The maximum Gasteiger partial charge on any atom is 0.337 e. The fourth-order valence-corrected chi connectivity index (χ4v) is 4.36. The zero-order valence-corrected chi connectivity index (χ0v) is 20.2. The van der Waals surface area contributed by atoms with Gasteiger partial charge >= 0.3 is 5.97 Å². The first-order valence-electron chi connectivity index (χ1n) is 11.7. The van der Waals surface area contributed by atoms with Gasteiger partial charge in [-0.1, -0.05) is 66.2 Å². The summed E-state index contributed by atoms with van der Waals surface area (Å²) in [5, 5.41) is 0.616. The van der Waals surface area contributed by atoms with Crippen LogP contribution in [0.1, 0.15) is 27.9 Å². The third-order valence-corrected chi connectivity index (χ3v) is 6.41. The van der Waals surface area contributed by atoms with Crippen LogP contribution in [0.5, 0.6) is 0 Å². The van der Waals surface area contributed by atoms with Gasteiger partial charge in [0.1, 0.15) is 5.84 Å². The number of hydrogen-bond donors (Lipinski definition) is 0. The molecule has 0 aromatic heterocycles. The van der Waals surface area contributed by atoms with E-state index in [2.05, 4.69) is 40.1 Å². The van der Waals surface area contributed by atoms with Crippen molar-refractivity contribution in [3.63, 3.8) is 0 Å². The number of amidine groups is 1. The number of carbonyl (C=O) groups is 1. The van der Waals surface area contributed by atoms with Gasteiger partial charge in [0.05, 0.1) is 23.4 Å². The molecule has 0 aliphatic carbocycles. The summed E-state index contributed by atoms with van der Waals surface area (Å²) in [4.78, 5) is 21.7. The van der Waals surface area contributed by atoms with E-state index in [1.165, 1.54) is 12.7 Å². The van der Waals surface area contributed by atoms with Crippen LogP contribution in [-0.4, -0.2) is 61.4 Å². The highest BCUT2D eigenvalue weighted by Gasteiger charge is 2.20. The van der Waals surface area contributed by atoms with Gasteiger partial charge in [0.15, 0.2) is 0 Å². The van der Waals surface area contributed by atoms with Crippen LogP contribution >= 0.6 is 11.6 Å². The standard InChI is InChI=1S/C28H30ClN3O2/c1-34-28(33)24-14-12-23(13-15-24)27(30-26-11-6-5-10-25(26)29)32-18-7-17-31(20-21-32)19-16-22-8-3-2-4-9-22/h2-6,8-15H,7,16-21H2,1H3/b30-27-. The fourth-order valence-electron chi connectivity index (χ4n) is 4.19. The molecule has 34 heavy (non-hydrogen) atoms. The maximum absolute atomic E-state index is 11.9. The second-order valence-corrected chi connectivity index (χ2v) is 8.78. The van der Waals surface area contributed by atoms with Crippen LogP contribution in [0.4, 0.5) is 5.69 Å². The van der Waals surface area contributed by atoms with Crippen LogP contribution in [0.25, 0.3) is 0 Å². The molecule has 0 bridgehead atoms. The molecule has 6 heteroatoms. The highest BCUT2D eigenvalue weighted by atomic mass is 35.5. The molecule has 0 spiro atoms. The summed E-state index contributed by atoms with van der Waals surface area (Å²) in [5.41, 5.74) is 3.58. The first-order valence-corrected chi connectivity index (χ1v) is 12.0. The van der Waals surface area contributed by atoms with Crippen molar-refractivity contribution in [2.75, 3.05) is 39.8 Å². The molecule has 5 nitrogen and oxygen atoms in total. The predicted octanol–water partition coefficient (Wildman–Crippen LogP) is 5.46. The lowest BCUT2D eigenvalue weighted by Crippen LogP contribution is -2.36. The molecular weight excluding hydrogens is 446 g/mol. The first-order chi connectivity index (χ1) is 16.6. The van der Waals surface area contributed by atoms with Crippen molar-refractivity contribution in [3.05, 3.63) is 101 Å². The van der Waals surface area contributed by atoms with E-state index in [0.29, 0.717) is 10.6 Å². The van der Waals surface area contributed by atoms with Crippen LogP contribution in [-0.2, 0) is 11.2 Å². The van der Waals surface area contributed by atoms with Gasteiger partial charge in [0, 0.05) is 31.7 Å². The molecule has 1 saturated heterocycles. The zero-order chi connectivity index (χ0) is 23.8. The minimum absolute atomic E-state index is 0.347. The Bertz CT molecular complexity index is 1120. The normalized spacial score (nSPS) is 15.1. The number of rotatable bonds is 6. The van der Waals surface area contributed by atoms with Crippen molar-refractivity contribution in [3.8, 4) is 0 Å². The Morgan fingerprint density at radius 2 is 1.59 bits per heavy atom. The average molecular weight is 476 g/mol. The molecule has 0 N–H and O–H groups in total. The van der Waals surface area contributed by atoms with E-state index in [-0.39, 0.29) is 5.97 Å². The quantitative estimate of drug-likeness (QED) is 0.270. The van der Waals surface area contributed by atoms with Crippen molar-refractivity contribution in [1.29, 1.82) is 0 Å². The Morgan fingerprint density at radius 3 is 2.32 bits per heavy atom. The second kappa shape index (κ2) is 11.8. The number of ether oxygens (including phenoxy) is 1. The number of methoxy groups -OCH3 is 1. The number of esters is 1. The van der Waals surface area contributed by atoms with Crippen molar-refractivity contribution in [2.45, 2.75) is 12.8 Å². The second-order valence-electron chi connectivity index (χ2n) is 8.37. The van der Waals surface area contributed by atoms with E-state index in [0.717, 1.165) is 62.7 Å². The molecule has 3 aromatic rings. The van der Waals surface area contributed by atoms with Gasteiger partial charge in [-0.05, 0) is 49.2 Å². The Labute approximate surface area is 206 Å². The summed E-state index contributed by atoms with van der Waals surface area (Å²) < 4.78 is 4.84. The summed E-state index contributed by atoms with van der Waals surface area (Å²) in [6.07, 6.45) is 2.10. The maximum atomic E-state index is 11.9. The molecular formula is C28H30ClN3O2. The SMILES string of the molecule is COC(=O)c1ccc(/C(=N/c2ccccc2Cl)N2CCCN(CCc3ccccc3)CC2)cc1. The third kappa shape index (κ3) is 6.25. The number of aliphatic imine (C=N–C) groups is 1. The van der Waals surface area contributed by atoms with Crippen molar-refractivity contribution in [1.82, 2.24) is 9.80 Å². The minimum Gasteiger partial charge on any atom is -0.465 e. The molecule has 176 valence electrons. The van der Waals surface area contributed by atoms with Gasteiger partial charge in [-0.25, -0.2) is 9.79 Å². The van der Waals surface area contributed by atoms with E-state index in [9.17, 15) is 4.79 Å². The van der Waals surface area contributed by atoms with Crippen LogP contribution in [0.3, 0.4) is 0 Å². The van der Waals surface area contributed by atoms with E-state index in [1.54, 1.807) is 12.1 Å². The monoisotopic (exact) mass is 475 g/mol. The molecule has 0 saturated carbocycles. The highest BCUT2D eigenvalue weighted by molar-refractivity contribution is 6.33. The smallest absolute Gasteiger partial charge is 0.337 e. The lowest BCUT2D eigenvalue weighted by molar-refractivity contribution is 0.0600. The predicted molar refractivity (Wildman–Crippen MR) is 138 cm³/mol. The zero-order valence-electron chi connectivity index (χ0n) is 19.5. The summed E-state index contributed by atoms with van der Waals surface area (Å²) >= 11 is 6.44. The van der Waals surface area contributed by atoms with Gasteiger partial charge in [-0.15, -0.1) is 0 Å². The molecule has 1 aliphatic heterocycles. The molecule has 0 amide bonds. The highest BCUT2D eigenvalue weighted by Crippen LogP contribution is 2.26. The molecule has 1 aliphatic rings. The minimum atomic E-state index is -0.347. The van der Waals surface area contributed by atoms with Crippen LogP contribution < -0.4 is 0 Å². The number of halogens is 1. The van der Waals surface area contributed by atoms with Crippen molar-refractivity contribution >= 4 is 29.1 Å². The van der Waals surface area contributed by atoms with E-state index in [4.69, 9.17) is 21.3 Å². The lowest BCUT2D eigenvalue weighted by atomic mass is 10.1. The van der Waals surface area contributed by atoms with Gasteiger partial charge in [-0.2, -0.15) is 0 Å².